The zero-order chi connectivity index (χ0) is 17.7. The Balaban J connectivity index is 1.73. The van der Waals surface area contributed by atoms with Crippen molar-refractivity contribution in [2.24, 2.45) is 5.92 Å². The van der Waals surface area contributed by atoms with Crippen molar-refractivity contribution >= 4 is 5.69 Å². The van der Waals surface area contributed by atoms with Gasteiger partial charge in [-0.05, 0) is 37.9 Å². The molecule has 1 aromatic rings. The van der Waals surface area contributed by atoms with E-state index in [0.29, 0.717) is 25.4 Å². The van der Waals surface area contributed by atoms with Crippen LogP contribution in [0.15, 0.2) is 24.3 Å². The highest BCUT2D eigenvalue weighted by Gasteiger charge is 2.44. The number of aliphatic hydroxyl groups excluding tert-OH is 1. The van der Waals surface area contributed by atoms with Crippen LogP contribution >= 0.6 is 0 Å². The Labute approximate surface area is 137 Å². The molecule has 1 saturated heterocycles. The van der Waals surface area contributed by atoms with Crippen molar-refractivity contribution in [1.82, 2.24) is 4.90 Å². The molecule has 6 nitrogen and oxygen atoms in total. The van der Waals surface area contributed by atoms with E-state index >= 15 is 0 Å². The maximum Gasteiger partial charge on any atom is 0.414 e. The predicted molar refractivity (Wildman–Crippen MR) is 79.8 cm³/mol. The third kappa shape index (κ3) is 5.07. The lowest BCUT2D eigenvalue weighted by atomic mass is 9.91. The molecule has 0 saturated carbocycles. The fraction of sp³-hybridized carbons (Fsp3) is 0.600. The smallest absolute Gasteiger partial charge is 0.414 e. The standard InChI is InChI=1S/C15H19F3N2O4/c16-15(17,18)14(21)11-4-6-19(7-5-11)8-9-24-13-3-1-2-12(10-13)20(22)23/h1-3,10-11,14,21H,4-9H2. The molecule has 1 heterocycles. The number of nitro groups is 1. The summed E-state index contributed by atoms with van der Waals surface area (Å²) in [4.78, 5) is 12.1. The molecule has 1 aliphatic heterocycles. The van der Waals surface area contributed by atoms with Crippen LogP contribution in [0.1, 0.15) is 12.8 Å². The summed E-state index contributed by atoms with van der Waals surface area (Å²) in [6, 6.07) is 5.83. The monoisotopic (exact) mass is 348 g/mol. The number of piperidine rings is 1. The number of rotatable bonds is 6. The van der Waals surface area contributed by atoms with Gasteiger partial charge in [-0.1, -0.05) is 6.07 Å². The molecule has 0 radical (unpaired) electrons. The van der Waals surface area contributed by atoms with E-state index in [2.05, 4.69) is 0 Å². The van der Waals surface area contributed by atoms with Gasteiger partial charge in [0.15, 0.2) is 6.10 Å². The molecule has 1 unspecified atom stereocenters. The molecular weight excluding hydrogens is 329 g/mol. The molecule has 0 spiro atoms. The van der Waals surface area contributed by atoms with Gasteiger partial charge in [0.1, 0.15) is 12.4 Å². The Bertz CT molecular complexity index is 560. The first-order chi connectivity index (χ1) is 11.3. The average Bonchev–Trinajstić information content (AvgIpc) is 2.54. The molecule has 0 aromatic heterocycles. The van der Waals surface area contributed by atoms with Crippen LogP contribution in [0.2, 0.25) is 0 Å². The van der Waals surface area contributed by atoms with Crippen molar-refractivity contribution in [2.45, 2.75) is 25.1 Å². The summed E-state index contributed by atoms with van der Waals surface area (Å²) in [5.74, 6) is -0.384. The molecule has 1 fully saturated rings. The lowest BCUT2D eigenvalue weighted by Gasteiger charge is -2.34. The number of aliphatic hydroxyl groups is 1. The van der Waals surface area contributed by atoms with Gasteiger partial charge in [-0.25, -0.2) is 0 Å². The summed E-state index contributed by atoms with van der Waals surface area (Å²) >= 11 is 0. The van der Waals surface area contributed by atoms with Gasteiger partial charge in [-0.2, -0.15) is 13.2 Å². The number of hydrogen-bond donors (Lipinski definition) is 1. The number of hydrogen-bond acceptors (Lipinski definition) is 5. The van der Waals surface area contributed by atoms with Crippen molar-refractivity contribution in [3.05, 3.63) is 34.4 Å². The normalized spacial score (nSPS) is 18.3. The molecule has 1 atom stereocenters. The van der Waals surface area contributed by atoms with Crippen LogP contribution in [-0.4, -0.2) is 53.5 Å². The van der Waals surface area contributed by atoms with Crippen LogP contribution in [0.5, 0.6) is 5.75 Å². The van der Waals surface area contributed by atoms with Gasteiger partial charge < -0.3 is 9.84 Å². The van der Waals surface area contributed by atoms with Crippen molar-refractivity contribution < 1.29 is 27.9 Å². The van der Waals surface area contributed by atoms with Gasteiger partial charge in [0, 0.05) is 12.6 Å². The lowest BCUT2D eigenvalue weighted by Crippen LogP contribution is -2.44. The summed E-state index contributed by atoms with van der Waals surface area (Å²) < 4.78 is 42.9. The fourth-order valence-corrected chi connectivity index (χ4v) is 2.74. The Kier molecular flexibility index (Phi) is 6.00. The minimum atomic E-state index is -4.57. The van der Waals surface area contributed by atoms with Gasteiger partial charge in [0.05, 0.1) is 11.0 Å². The van der Waals surface area contributed by atoms with Crippen molar-refractivity contribution in [3.63, 3.8) is 0 Å². The van der Waals surface area contributed by atoms with Crippen molar-refractivity contribution in [2.75, 3.05) is 26.2 Å². The third-order valence-corrected chi connectivity index (χ3v) is 4.12. The third-order valence-electron chi connectivity index (χ3n) is 4.12. The second kappa shape index (κ2) is 7.80. The summed E-state index contributed by atoms with van der Waals surface area (Å²) in [5, 5.41) is 19.9. The first kappa shape index (κ1) is 18.5. The number of nitrogens with zero attached hydrogens (tertiary/aromatic N) is 2. The Morgan fingerprint density at radius 3 is 2.62 bits per heavy atom. The topological polar surface area (TPSA) is 75.8 Å². The number of ether oxygens (including phenoxy) is 1. The predicted octanol–water partition coefficient (Wildman–Crippen LogP) is 2.61. The van der Waals surface area contributed by atoms with Crippen molar-refractivity contribution in [1.29, 1.82) is 0 Å². The second-order valence-electron chi connectivity index (χ2n) is 5.77. The van der Waals surface area contributed by atoms with Gasteiger partial charge >= 0.3 is 6.18 Å². The molecule has 2 rings (SSSR count). The average molecular weight is 348 g/mol. The molecular formula is C15H19F3N2O4. The van der Waals surface area contributed by atoms with Crippen LogP contribution in [0.25, 0.3) is 0 Å². The summed E-state index contributed by atoms with van der Waals surface area (Å²) in [5.41, 5.74) is -0.0607. The Morgan fingerprint density at radius 1 is 1.38 bits per heavy atom. The Hall–Kier alpha value is -1.87. The number of benzene rings is 1. The van der Waals surface area contributed by atoms with E-state index in [4.69, 9.17) is 4.74 Å². The molecule has 0 aliphatic carbocycles. The zero-order valence-electron chi connectivity index (χ0n) is 12.9. The Morgan fingerprint density at radius 2 is 2.04 bits per heavy atom. The largest absolute Gasteiger partial charge is 0.492 e. The van der Waals surface area contributed by atoms with E-state index in [1.165, 1.54) is 18.2 Å². The first-order valence-electron chi connectivity index (χ1n) is 7.62. The van der Waals surface area contributed by atoms with Gasteiger partial charge in [0.2, 0.25) is 0 Å². The number of alkyl halides is 3. The van der Waals surface area contributed by atoms with E-state index in [-0.39, 0.29) is 25.1 Å². The molecule has 1 aliphatic rings. The summed E-state index contributed by atoms with van der Waals surface area (Å²) in [6.07, 6.45) is -6.28. The number of likely N-dealkylation sites (tertiary alicyclic amines) is 1. The molecule has 9 heteroatoms. The second-order valence-corrected chi connectivity index (χ2v) is 5.77. The molecule has 1 aromatic carbocycles. The lowest BCUT2D eigenvalue weighted by molar-refractivity contribution is -0.384. The van der Waals surface area contributed by atoms with Crippen LogP contribution in [0, 0.1) is 16.0 Å². The molecule has 134 valence electrons. The van der Waals surface area contributed by atoms with E-state index in [0.717, 1.165) is 0 Å². The maximum absolute atomic E-state index is 12.5. The van der Waals surface area contributed by atoms with E-state index in [1.54, 1.807) is 6.07 Å². The van der Waals surface area contributed by atoms with Crippen LogP contribution in [-0.2, 0) is 0 Å². The minimum absolute atomic E-state index is 0.0607. The summed E-state index contributed by atoms with van der Waals surface area (Å²) in [7, 11) is 0. The van der Waals surface area contributed by atoms with Gasteiger partial charge in [-0.15, -0.1) is 0 Å². The highest BCUT2D eigenvalue weighted by atomic mass is 19.4. The minimum Gasteiger partial charge on any atom is -0.492 e. The molecule has 1 N–H and O–H groups in total. The quantitative estimate of drug-likeness (QED) is 0.632. The van der Waals surface area contributed by atoms with Crippen LogP contribution in [0.4, 0.5) is 18.9 Å². The van der Waals surface area contributed by atoms with Gasteiger partial charge in [0.25, 0.3) is 5.69 Å². The van der Waals surface area contributed by atoms with E-state index in [1.807, 2.05) is 4.90 Å². The SMILES string of the molecule is O=[N+]([O-])c1cccc(OCCN2CCC(C(O)C(F)(F)F)CC2)c1. The maximum atomic E-state index is 12.5. The highest BCUT2D eigenvalue weighted by molar-refractivity contribution is 5.37. The molecule has 0 amide bonds. The highest BCUT2D eigenvalue weighted by Crippen LogP contribution is 2.31. The van der Waals surface area contributed by atoms with Crippen LogP contribution < -0.4 is 4.74 Å². The van der Waals surface area contributed by atoms with E-state index < -0.39 is 23.1 Å². The van der Waals surface area contributed by atoms with Gasteiger partial charge in [-0.3, -0.25) is 15.0 Å². The summed E-state index contributed by atoms with van der Waals surface area (Å²) in [6.45, 7) is 1.71. The number of nitro benzene ring substituents is 1. The zero-order valence-corrected chi connectivity index (χ0v) is 12.9. The number of non-ortho nitro benzene ring substituents is 1. The fourth-order valence-electron chi connectivity index (χ4n) is 2.74. The van der Waals surface area contributed by atoms with E-state index in [9.17, 15) is 28.4 Å². The number of halogens is 3. The van der Waals surface area contributed by atoms with Crippen LogP contribution in [0.3, 0.4) is 0 Å². The molecule has 0 bridgehead atoms. The van der Waals surface area contributed by atoms with Crippen molar-refractivity contribution in [3.8, 4) is 5.75 Å². The first-order valence-corrected chi connectivity index (χ1v) is 7.62. The molecule has 24 heavy (non-hydrogen) atoms.